The highest BCUT2D eigenvalue weighted by Crippen LogP contribution is 2.66. The first-order valence-corrected chi connectivity index (χ1v) is 10.3. The molecule has 0 bridgehead atoms. The number of hydrogen-bond acceptors (Lipinski definition) is 5. The van der Waals surface area contributed by atoms with Gasteiger partial charge in [-0.25, -0.2) is 4.79 Å². The maximum absolute atomic E-state index is 12.5. The molecule has 4 rings (SSSR count). The Morgan fingerprint density at radius 3 is 2.58 bits per heavy atom. The van der Waals surface area contributed by atoms with Crippen LogP contribution in [0.4, 0.5) is 0 Å². The minimum Gasteiger partial charge on any atom is -0.362 e. The second kappa shape index (κ2) is 6.03. The van der Waals surface area contributed by atoms with E-state index in [4.69, 9.17) is 4.89 Å². The van der Waals surface area contributed by atoms with Gasteiger partial charge in [0, 0.05) is 31.6 Å². The van der Waals surface area contributed by atoms with Crippen LogP contribution in [0.1, 0.15) is 78.6 Å². The molecule has 26 heavy (non-hydrogen) atoms. The van der Waals surface area contributed by atoms with Crippen molar-refractivity contribution < 1.29 is 24.5 Å². The molecule has 0 spiro atoms. The molecule has 5 nitrogen and oxygen atoms in total. The van der Waals surface area contributed by atoms with E-state index in [9.17, 15) is 14.7 Å². The van der Waals surface area contributed by atoms with Crippen molar-refractivity contribution in [2.24, 2.45) is 34.5 Å². The number of carbonyl (C=O) groups excluding carboxylic acids is 2. The van der Waals surface area contributed by atoms with Crippen LogP contribution in [0.2, 0.25) is 0 Å². The number of ketones is 1. The maximum Gasteiger partial charge on any atom is 0.339 e. The van der Waals surface area contributed by atoms with Gasteiger partial charge in [0.25, 0.3) is 0 Å². The molecule has 0 unspecified atom stereocenters. The van der Waals surface area contributed by atoms with E-state index >= 15 is 0 Å². The number of carbonyl (C=O) groups is 2. The Morgan fingerprint density at radius 2 is 1.85 bits per heavy atom. The molecule has 0 amide bonds. The summed E-state index contributed by atoms with van der Waals surface area (Å²) < 4.78 is 0. The van der Waals surface area contributed by atoms with Crippen LogP contribution in [0.3, 0.4) is 0 Å². The average molecular weight is 364 g/mol. The summed E-state index contributed by atoms with van der Waals surface area (Å²) in [6.07, 6.45) is 8.09. The smallest absolute Gasteiger partial charge is 0.339 e. The fourth-order valence-electron chi connectivity index (χ4n) is 7.19. The summed E-state index contributed by atoms with van der Waals surface area (Å²) in [6, 6.07) is 0. The highest BCUT2D eigenvalue weighted by Gasteiger charge is 2.61. The summed E-state index contributed by atoms with van der Waals surface area (Å²) in [5, 5.41) is 10.8. The minimum atomic E-state index is -1.35. The van der Waals surface area contributed by atoms with Crippen molar-refractivity contribution in [3.8, 4) is 0 Å². The summed E-state index contributed by atoms with van der Waals surface area (Å²) in [6.45, 7) is 5.88. The molecule has 7 atom stereocenters. The third kappa shape index (κ3) is 2.65. The van der Waals surface area contributed by atoms with E-state index in [0.717, 1.165) is 44.9 Å². The Hall–Kier alpha value is -0.940. The van der Waals surface area contributed by atoms with Crippen molar-refractivity contribution in [3.63, 3.8) is 0 Å². The first kappa shape index (κ1) is 18.4. The van der Waals surface area contributed by atoms with Gasteiger partial charge < -0.3 is 5.11 Å². The molecular weight excluding hydrogens is 332 g/mol. The lowest BCUT2D eigenvalue weighted by molar-refractivity contribution is -0.410. The lowest BCUT2D eigenvalue weighted by Gasteiger charge is -2.60. The summed E-state index contributed by atoms with van der Waals surface area (Å²) in [7, 11) is 0. The number of Topliss-reactive ketones (excluding diaryl/α,β-unsaturated/α-hetero) is 1. The average Bonchev–Trinajstić information content (AvgIpc) is 2.89. The molecule has 0 aromatic rings. The van der Waals surface area contributed by atoms with Crippen LogP contribution in [-0.2, 0) is 19.4 Å². The van der Waals surface area contributed by atoms with Gasteiger partial charge in [-0.15, -0.1) is 4.89 Å². The van der Waals surface area contributed by atoms with E-state index in [-0.39, 0.29) is 10.8 Å². The molecule has 1 N–H and O–H groups in total. The fourth-order valence-corrected chi connectivity index (χ4v) is 7.19. The van der Waals surface area contributed by atoms with Gasteiger partial charge in [-0.05, 0) is 67.6 Å². The van der Waals surface area contributed by atoms with Crippen molar-refractivity contribution in [2.75, 3.05) is 0 Å². The van der Waals surface area contributed by atoms with Crippen molar-refractivity contribution >= 4 is 11.8 Å². The normalized spacial score (nSPS) is 50.5. The quantitative estimate of drug-likeness (QED) is 0.459. The van der Waals surface area contributed by atoms with Crippen molar-refractivity contribution in [2.45, 2.75) is 84.3 Å². The van der Waals surface area contributed by atoms with Crippen LogP contribution in [0.15, 0.2) is 0 Å². The SMILES string of the molecule is CC(=O)OO[C@]1(O)CC[C@@]2(C)[C@H](CC[C@@H]3[C@@H]2CC[C@]2(C)C(=O)CC[C@@H]32)C1. The van der Waals surface area contributed by atoms with Crippen LogP contribution < -0.4 is 0 Å². The molecule has 0 aromatic heterocycles. The number of aliphatic hydroxyl groups is 1. The molecule has 0 aromatic carbocycles. The molecule has 0 radical (unpaired) electrons. The van der Waals surface area contributed by atoms with E-state index in [1.165, 1.54) is 6.92 Å². The first-order chi connectivity index (χ1) is 12.2. The van der Waals surface area contributed by atoms with Crippen molar-refractivity contribution in [3.05, 3.63) is 0 Å². The van der Waals surface area contributed by atoms with E-state index in [0.29, 0.717) is 42.3 Å². The fraction of sp³-hybridized carbons (Fsp3) is 0.905. The lowest BCUT2D eigenvalue weighted by atomic mass is 9.45. The topological polar surface area (TPSA) is 72.8 Å². The summed E-state index contributed by atoms with van der Waals surface area (Å²) in [5.41, 5.74) is 0.0971. The third-order valence-electron chi connectivity index (χ3n) is 8.71. The highest BCUT2D eigenvalue weighted by atomic mass is 17.2. The maximum atomic E-state index is 12.5. The molecule has 4 saturated carbocycles. The van der Waals surface area contributed by atoms with Gasteiger partial charge in [-0.3, -0.25) is 9.68 Å². The zero-order valence-corrected chi connectivity index (χ0v) is 16.3. The van der Waals surface area contributed by atoms with Crippen LogP contribution >= 0.6 is 0 Å². The van der Waals surface area contributed by atoms with Crippen molar-refractivity contribution in [1.82, 2.24) is 0 Å². The zero-order valence-electron chi connectivity index (χ0n) is 16.3. The molecule has 4 fully saturated rings. The number of fused-ring (bicyclic) bond motifs is 5. The van der Waals surface area contributed by atoms with E-state index in [1.807, 2.05) is 0 Å². The first-order valence-electron chi connectivity index (χ1n) is 10.3. The lowest BCUT2D eigenvalue weighted by Crippen LogP contribution is -2.56. The molecule has 4 aliphatic carbocycles. The molecule has 5 heteroatoms. The Kier molecular flexibility index (Phi) is 4.27. The standard InChI is InChI=1S/C21H32O5/c1-13(22)25-26-21(24)11-10-19(2)14(12-21)4-5-15-16-6-7-18(23)20(16,3)9-8-17(15)19/h14-17,24H,4-12H2,1-3H3/t14-,15+,16+,17+,19+,20+,21-/m1/s1. The summed E-state index contributed by atoms with van der Waals surface area (Å²) in [4.78, 5) is 33.3. The van der Waals surface area contributed by atoms with Crippen molar-refractivity contribution in [1.29, 1.82) is 0 Å². The van der Waals surface area contributed by atoms with Gasteiger partial charge in [-0.2, -0.15) is 0 Å². The van der Waals surface area contributed by atoms with Gasteiger partial charge >= 0.3 is 5.97 Å². The Balaban J connectivity index is 1.52. The Morgan fingerprint density at radius 1 is 1.08 bits per heavy atom. The monoisotopic (exact) mass is 364 g/mol. The zero-order chi connectivity index (χ0) is 18.7. The van der Waals surface area contributed by atoms with Crippen LogP contribution in [0, 0.1) is 34.5 Å². The van der Waals surface area contributed by atoms with Gasteiger partial charge in [0.05, 0.1) is 0 Å². The van der Waals surface area contributed by atoms with Gasteiger partial charge in [0.1, 0.15) is 5.78 Å². The summed E-state index contributed by atoms with van der Waals surface area (Å²) >= 11 is 0. The van der Waals surface area contributed by atoms with E-state index in [1.54, 1.807) is 0 Å². The van der Waals surface area contributed by atoms with E-state index < -0.39 is 11.8 Å². The van der Waals surface area contributed by atoms with Crippen LogP contribution in [-0.4, -0.2) is 22.6 Å². The van der Waals surface area contributed by atoms with Gasteiger partial charge in [0.15, 0.2) is 0 Å². The molecule has 0 saturated heterocycles. The minimum absolute atomic E-state index is 0.0851. The predicted molar refractivity (Wildman–Crippen MR) is 94.5 cm³/mol. The highest BCUT2D eigenvalue weighted by molar-refractivity contribution is 5.87. The third-order valence-corrected chi connectivity index (χ3v) is 8.71. The second-order valence-corrected chi connectivity index (χ2v) is 9.88. The van der Waals surface area contributed by atoms with Crippen LogP contribution in [0.25, 0.3) is 0 Å². The molecular formula is C21H32O5. The van der Waals surface area contributed by atoms with E-state index in [2.05, 4.69) is 18.7 Å². The second-order valence-electron chi connectivity index (χ2n) is 9.88. The predicted octanol–water partition coefficient (Wildman–Crippen LogP) is 3.78. The Bertz CT molecular complexity index is 618. The molecule has 0 heterocycles. The van der Waals surface area contributed by atoms with Crippen LogP contribution in [0.5, 0.6) is 0 Å². The molecule has 0 aliphatic heterocycles. The Labute approximate surface area is 155 Å². The molecule has 4 aliphatic rings. The number of hydrogen-bond donors (Lipinski definition) is 1. The van der Waals surface area contributed by atoms with Gasteiger partial charge in [0.2, 0.25) is 5.79 Å². The van der Waals surface area contributed by atoms with Gasteiger partial charge in [-0.1, -0.05) is 13.8 Å². The molecule has 146 valence electrons. The summed E-state index contributed by atoms with van der Waals surface area (Å²) in [5.74, 6) is 0.790. The largest absolute Gasteiger partial charge is 0.362 e. The number of rotatable bonds is 2.